The number of hydrogen-bond acceptors (Lipinski definition) is 5. The predicted octanol–water partition coefficient (Wildman–Crippen LogP) is 4.80. The number of amides is 1. The van der Waals surface area contributed by atoms with Crippen LogP contribution in [0.1, 0.15) is 23.3 Å². The predicted molar refractivity (Wildman–Crippen MR) is 102 cm³/mol. The summed E-state index contributed by atoms with van der Waals surface area (Å²) < 4.78 is 7.29. The molecule has 1 aromatic heterocycles. The highest BCUT2D eigenvalue weighted by Gasteiger charge is 2.35. The van der Waals surface area contributed by atoms with E-state index in [0.717, 1.165) is 16.3 Å². The zero-order valence-corrected chi connectivity index (χ0v) is 15.4. The Kier molecular flexibility index (Phi) is 4.63. The summed E-state index contributed by atoms with van der Waals surface area (Å²) in [7, 11) is 0. The number of nitrogens with zero attached hydrogens (tertiary/aromatic N) is 1. The molecule has 0 fully saturated rings. The van der Waals surface area contributed by atoms with Crippen molar-refractivity contribution in [2.45, 2.75) is 29.0 Å². The number of alkyl carbamates (subject to hydrolysis) is 1. The van der Waals surface area contributed by atoms with E-state index in [1.54, 1.807) is 23.1 Å². The lowest BCUT2D eigenvalue weighted by atomic mass is 10.1. The number of thioether (sulfide) groups is 1. The maximum absolute atomic E-state index is 11.9. The average molecular weight is 370 g/mol. The van der Waals surface area contributed by atoms with E-state index >= 15 is 0 Å². The molecule has 25 heavy (non-hydrogen) atoms. The Morgan fingerprint density at radius 1 is 1.28 bits per heavy atom. The third-order valence-corrected chi connectivity index (χ3v) is 6.75. The Morgan fingerprint density at radius 3 is 2.92 bits per heavy atom. The van der Waals surface area contributed by atoms with Crippen LogP contribution < -0.4 is 5.32 Å². The largest absolute Gasteiger partial charge is 0.450 e. The summed E-state index contributed by atoms with van der Waals surface area (Å²) in [5.41, 5.74) is 3.58. The molecule has 1 heterocycles. The summed E-state index contributed by atoms with van der Waals surface area (Å²) in [6.45, 7) is 2.19. The molecule has 128 valence electrons. The van der Waals surface area contributed by atoms with Gasteiger partial charge in [0.25, 0.3) is 0 Å². The topological polar surface area (TPSA) is 51.2 Å². The van der Waals surface area contributed by atoms with E-state index in [-0.39, 0.29) is 17.4 Å². The Morgan fingerprint density at radius 2 is 2.08 bits per heavy atom. The second-order valence-corrected chi connectivity index (χ2v) is 8.28. The molecule has 0 bridgehead atoms. The summed E-state index contributed by atoms with van der Waals surface area (Å²) in [6.07, 6.45) is 0.465. The van der Waals surface area contributed by atoms with Crippen molar-refractivity contribution in [2.24, 2.45) is 0 Å². The first-order valence-corrected chi connectivity index (χ1v) is 9.97. The summed E-state index contributed by atoms with van der Waals surface area (Å²) in [5.74, 6) is 0. The molecule has 0 unspecified atom stereocenters. The first-order valence-electron chi connectivity index (χ1n) is 8.28. The lowest BCUT2D eigenvalue weighted by molar-refractivity contribution is 0.148. The fraction of sp³-hybridized carbons (Fsp3) is 0.263. The maximum atomic E-state index is 11.9. The Labute approximate surface area is 154 Å². The normalized spacial score (nSPS) is 18.9. The summed E-state index contributed by atoms with van der Waals surface area (Å²) in [4.78, 5) is 16.7. The van der Waals surface area contributed by atoms with Gasteiger partial charge in [0.05, 0.1) is 28.1 Å². The molecule has 6 heteroatoms. The summed E-state index contributed by atoms with van der Waals surface area (Å²) >= 11 is 3.42. The third kappa shape index (κ3) is 3.37. The van der Waals surface area contributed by atoms with Crippen molar-refractivity contribution in [3.05, 3.63) is 59.7 Å². The van der Waals surface area contributed by atoms with Gasteiger partial charge in [-0.15, -0.1) is 11.3 Å². The number of para-hydroxylation sites is 1. The number of fused-ring (bicyclic) bond motifs is 2. The molecule has 0 saturated carbocycles. The van der Waals surface area contributed by atoms with Gasteiger partial charge >= 0.3 is 6.09 Å². The van der Waals surface area contributed by atoms with Crippen molar-refractivity contribution in [2.75, 3.05) is 6.61 Å². The van der Waals surface area contributed by atoms with E-state index < -0.39 is 0 Å². The smallest absolute Gasteiger partial charge is 0.407 e. The second-order valence-electron chi connectivity index (χ2n) is 5.86. The molecule has 1 N–H and O–H groups in total. The van der Waals surface area contributed by atoms with Gasteiger partial charge in [0, 0.05) is 0 Å². The highest BCUT2D eigenvalue weighted by atomic mass is 32.2. The standard InChI is InChI=1S/C19H18N2O2S2/c1-2-23-18(22)20-15-11-12-7-3-4-8-13(12)17(15)25-19-21-14-9-5-6-10-16(14)24-19/h3-10,15,17H,2,11H2,1H3,(H,20,22)/t15-,17-/m1/s1. The number of hydrogen-bond donors (Lipinski definition) is 1. The van der Waals surface area contributed by atoms with Gasteiger partial charge in [-0.1, -0.05) is 48.2 Å². The van der Waals surface area contributed by atoms with E-state index in [0.29, 0.717) is 6.61 Å². The molecule has 1 aliphatic carbocycles. The maximum Gasteiger partial charge on any atom is 0.407 e. The van der Waals surface area contributed by atoms with Crippen molar-refractivity contribution in [3.63, 3.8) is 0 Å². The van der Waals surface area contributed by atoms with Crippen molar-refractivity contribution in [1.29, 1.82) is 0 Å². The van der Waals surface area contributed by atoms with Crippen LogP contribution in [0.4, 0.5) is 4.79 Å². The van der Waals surface area contributed by atoms with Crippen LogP contribution in [0.2, 0.25) is 0 Å². The molecular formula is C19H18N2O2S2. The molecule has 0 aliphatic heterocycles. The first-order chi connectivity index (χ1) is 12.2. The van der Waals surface area contributed by atoms with Crippen molar-refractivity contribution in [1.82, 2.24) is 10.3 Å². The van der Waals surface area contributed by atoms with Crippen LogP contribution in [0.3, 0.4) is 0 Å². The molecule has 2 aromatic carbocycles. The number of rotatable bonds is 4. The van der Waals surface area contributed by atoms with Gasteiger partial charge < -0.3 is 10.1 Å². The SMILES string of the molecule is CCOC(=O)N[C@@H]1Cc2ccccc2[C@H]1Sc1nc2ccccc2s1. The third-order valence-electron chi connectivity index (χ3n) is 4.25. The van der Waals surface area contributed by atoms with Gasteiger partial charge in [0.1, 0.15) is 0 Å². The number of thiazole rings is 1. The van der Waals surface area contributed by atoms with Crippen LogP contribution >= 0.6 is 23.1 Å². The molecule has 0 spiro atoms. The van der Waals surface area contributed by atoms with Crippen molar-refractivity contribution >= 4 is 39.4 Å². The molecule has 3 aromatic rings. The van der Waals surface area contributed by atoms with Crippen molar-refractivity contribution < 1.29 is 9.53 Å². The number of benzene rings is 2. The Hall–Kier alpha value is -2.05. The van der Waals surface area contributed by atoms with Gasteiger partial charge in [-0.2, -0.15) is 0 Å². The monoisotopic (exact) mass is 370 g/mol. The molecule has 4 rings (SSSR count). The highest BCUT2D eigenvalue weighted by Crippen LogP contribution is 2.46. The molecule has 1 aliphatic rings. The zero-order valence-electron chi connectivity index (χ0n) is 13.8. The van der Waals surface area contributed by atoms with Crippen LogP contribution in [0.15, 0.2) is 52.9 Å². The van der Waals surface area contributed by atoms with E-state index in [4.69, 9.17) is 9.72 Å². The minimum atomic E-state index is -0.352. The summed E-state index contributed by atoms with van der Waals surface area (Å²) in [6, 6.07) is 16.6. The second kappa shape index (κ2) is 7.06. The van der Waals surface area contributed by atoms with Crippen molar-refractivity contribution in [3.8, 4) is 0 Å². The number of nitrogens with one attached hydrogen (secondary N) is 1. The van der Waals surface area contributed by atoms with E-state index in [1.807, 2.05) is 31.2 Å². The van der Waals surface area contributed by atoms with Crippen LogP contribution in [0.25, 0.3) is 10.2 Å². The lowest BCUT2D eigenvalue weighted by Crippen LogP contribution is -2.37. The first kappa shape index (κ1) is 16.4. The van der Waals surface area contributed by atoms with E-state index in [1.165, 1.54) is 15.8 Å². The van der Waals surface area contributed by atoms with Crippen LogP contribution in [0, 0.1) is 0 Å². The van der Waals surface area contributed by atoms with Gasteiger partial charge in [0.2, 0.25) is 0 Å². The molecule has 0 saturated heterocycles. The number of aromatic nitrogens is 1. The van der Waals surface area contributed by atoms with Gasteiger partial charge in [-0.05, 0) is 36.6 Å². The molecule has 1 amide bonds. The van der Waals surface area contributed by atoms with Gasteiger partial charge in [-0.3, -0.25) is 0 Å². The Balaban J connectivity index is 1.61. The molecule has 4 nitrogen and oxygen atoms in total. The number of carbonyl (C=O) groups excluding carboxylic acids is 1. The zero-order chi connectivity index (χ0) is 17.2. The molecular weight excluding hydrogens is 352 g/mol. The fourth-order valence-corrected chi connectivity index (χ4v) is 5.69. The minimum absolute atomic E-state index is 0.00784. The fourth-order valence-electron chi connectivity index (χ4n) is 3.16. The quantitative estimate of drug-likeness (QED) is 0.717. The number of ether oxygens (including phenoxy) is 1. The summed E-state index contributed by atoms with van der Waals surface area (Å²) in [5, 5.41) is 3.17. The van der Waals surface area contributed by atoms with Gasteiger partial charge in [-0.25, -0.2) is 9.78 Å². The van der Waals surface area contributed by atoms with Crippen LogP contribution in [0.5, 0.6) is 0 Å². The van der Waals surface area contributed by atoms with E-state index in [2.05, 4.69) is 29.6 Å². The van der Waals surface area contributed by atoms with Crippen LogP contribution in [-0.2, 0) is 11.2 Å². The average Bonchev–Trinajstić information content (AvgIpc) is 3.17. The molecule has 2 atom stereocenters. The number of carbonyl (C=O) groups is 1. The minimum Gasteiger partial charge on any atom is -0.450 e. The lowest BCUT2D eigenvalue weighted by Gasteiger charge is -2.20. The van der Waals surface area contributed by atoms with Gasteiger partial charge in [0.15, 0.2) is 4.34 Å². The highest BCUT2D eigenvalue weighted by molar-refractivity contribution is 8.01. The van der Waals surface area contributed by atoms with Crippen LogP contribution in [-0.4, -0.2) is 23.7 Å². The van der Waals surface area contributed by atoms with E-state index in [9.17, 15) is 4.79 Å². The Bertz CT molecular complexity index is 876. The molecule has 0 radical (unpaired) electrons.